The highest BCUT2D eigenvalue weighted by atomic mass is 32.2. The number of sulfone groups is 1. The highest BCUT2D eigenvalue weighted by molar-refractivity contribution is 7.91. The molecule has 0 fully saturated rings. The third-order valence-corrected chi connectivity index (χ3v) is 11.8. The zero-order valence-corrected chi connectivity index (χ0v) is 28.6. The van der Waals surface area contributed by atoms with Gasteiger partial charge in [-0.15, -0.1) is 0 Å². The van der Waals surface area contributed by atoms with Gasteiger partial charge in [-0.25, -0.2) is 8.42 Å². The Balaban J connectivity index is 1.39. The van der Waals surface area contributed by atoms with Crippen LogP contribution in [0.25, 0.3) is 0 Å². The number of hydrogen-bond donors (Lipinski definition) is 0. The molecule has 0 N–H and O–H groups in total. The summed E-state index contributed by atoms with van der Waals surface area (Å²) in [5, 5.41) is 0. The molecule has 1 atom stereocenters. The van der Waals surface area contributed by atoms with Crippen LogP contribution in [0.4, 0.5) is 26.3 Å². The predicted octanol–water partition coefficient (Wildman–Crippen LogP) is 10.9. The lowest BCUT2D eigenvalue weighted by atomic mass is 9.64. The molecule has 1 aliphatic carbocycles. The maximum Gasteiger partial charge on any atom is 0.411 e. The van der Waals surface area contributed by atoms with Crippen molar-refractivity contribution in [1.29, 1.82) is 0 Å². The van der Waals surface area contributed by atoms with Crippen LogP contribution in [0.3, 0.4) is 0 Å². The van der Waals surface area contributed by atoms with Gasteiger partial charge in [0.05, 0.1) is 9.79 Å². The van der Waals surface area contributed by atoms with E-state index in [-0.39, 0.29) is 32.5 Å². The molecule has 0 saturated carbocycles. The summed E-state index contributed by atoms with van der Waals surface area (Å²) >= 11 is 0. The first-order chi connectivity index (χ1) is 22.8. The molecule has 0 spiro atoms. The Morgan fingerprint density at radius 1 is 0.673 bits per heavy atom. The summed E-state index contributed by atoms with van der Waals surface area (Å²) in [6.07, 6.45) is -8.59. The van der Waals surface area contributed by atoms with Gasteiger partial charge >= 0.3 is 12.4 Å². The predicted molar refractivity (Wildman–Crippen MR) is 175 cm³/mol. The molecule has 4 aromatic rings. The zero-order valence-electron chi connectivity index (χ0n) is 27.8. The molecule has 262 valence electrons. The maximum absolute atomic E-state index is 14.7. The zero-order chi connectivity index (χ0) is 36.0. The lowest BCUT2D eigenvalue weighted by Crippen LogP contribution is -2.54. The van der Waals surface area contributed by atoms with Crippen LogP contribution in [-0.2, 0) is 27.1 Å². The van der Waals surface area contributed by atoms with Gasteiger partial charge in [0.25, 0.3) is 0 Å². The van der Waals surface area contributed by atoms with E-state index in [2.05, 4.69) is 13.8 Å². The summed E-state index contributed by atoms with van der Waals surface area (Å²) in [5.74, 6) is 0.260. The molecular formula is C38H38F6O4S. The summed E-state index contributed by atoms with van der Waals surface area (Å²) in [6.45, 7) is 9.79. The van der Waals surface area contributed by atoms with Crippen molar-refractivity contribution < 1.29 is 44.2 Å². The van der Waals surface area contributed by atoms with E-state index in [0.29, 0.717) is 12.8 Å². The molecule has 4 aromatic carbocycles. The molecule has 0 radical (unpaired) electrons. The van der Waals surface area contributed by atoms with E-state index in [9.17, 15) is 34.8 Å². The summed E-state index contributed by atoms with van der Waals surface area (Å²) in [6, 6.07) is 17.9. The molecule has 1 unspecified atom stereocenters. The standard InChI is InChI=1S/C38H38F6O4S/c1-6-34(4)24-25-23-32(21-22-33(25)34)49(45,46)31-19-17-29(18-20-31)47-28-13-9-26(10-14-28)36(37(39,40)41,38(42,43)44)27-11-15-30(16-12-27)48-35(5,7-2)8-3/h9-23H,6-8,24H2,1-5H3. The van der Waals surface area contributed by atoms with Gasteiger partial charge in [0.2, 0.25) is 15.3 Å². The Labute approximate surface area is 283 Å². The van der Waals surface area contributed by atoms with E-state index in [1.807, 2.05) is 26.8 Å². The molecule has 11 heteroatoms. The van der Waals surface area contributed by atoms with Crippen molar-refractivity contribution in [2.75, 3.05) is 0 Å². The third kappa shape index (κ3) is 6.42. The minimum absolute atomic E-state index is 0.0123. The van der Waals surface area contributed by atoms with E-state index < -0.39 is 44.3 Å². The second kappa shape index (κ2) is 12.7. The minimum Gasteiger partial charge on any atom is -0.488 e. The molecule has 0 heterocycles. The largest absolute Gasteiger partial charge is 0.488 e. The van der Waals surface area contributed by atoms with Crippen molar-refractivity contribution in [1.82, 2.24) is 0 Å². The Kier molecular flexibility index (Phi) is 9.42. The van der Waals surface area contributed by atoms with Crippen molar-refractivity contribution in [3.8, 4) is 17.2 Å². The number of fused-ring (bicyclic) bond motifs is 1. The number of hydrogen-bond acceptors (Lipinski definition) is 4. The molecule has 0 saturated heterocycles. The van der Waals surface area contributed by atoms with Crippen molar-refractivity contribution in [2.24, 2.45) is 0 Å². The van der Waals surface area contributed by atoms with E-state index in [1.54, 1.807) is 12.1 Å². The second-order valence-electron chi connectivity index (χ2n) is 13.0. The summed E-state index contributed by atoms with van der Waals surface area (Å²) in [4.78, 5) is 0.173. The van der Waals surface area contributed by atoms with Crippen molar-refractivity contribution in [3.63, 3.8) is 0 Å². The van der Waals surface area contributed by atoms with Crippen molar-refractivity contribution in [3.05, 3.63) is 113 Å². The van der Waals surface area contributed by atoms with E-state index in [0.717, 1.165) is 72.5 Å². The van der Waals surface area contributed by atoms with E-state index in [4.69, 9.17) is 9.47 Å². The number of rotatable bonds is 11. The van der Waals surface area contributed by atoms with Gasteiger partial charge in [-0.1, -0.05) is 58.0 Å². The monoisotopic (exact) mass is 704 g/mol. The van der Waals surface area contributed by atoms with Crippen LogP contribution in [0, 0.1) is 0 Å². The molecule has 0 aliphatic heterocycles. The molecular weight excluding hydrogens is 666 g/mol. The van der Waals surface area contributed by atoms with Crippen LogP contribution in [0.5, 0.6) is 17.2 Å². The lowest BCUT2D eigenvalue weighted by Gasteiger charge is -2.41. The van der Waals surface area contributed by atoms with Crippen LogP contribution >= 0.6 is 0 Å². The topological polar surface area (TPSA) is 52.6 Å². The first-order valence-corrected chi connectivity index (χ1v) is 17.5. The third-order valence-electron chi connectivity index (χ3n) is 10.1. The van der Waals surface area contributed by atoms with Gasteiger partial charge in [-0.3, -0.25) is 0 Å². The molecule has 0 bridgehead atoms. The number of ether oxygens (including phenoxy) is 2. The van der Waals surface area contributed by atoms with Crippen LogP contribution in [0.15, 0.2) is 101 Å². The second-order valence-corrected chi connectivity index (χ2v) is 15.0. The Bertz CT molecular complexity index is 1880. The highest BCUT2D eigenvalue weighted by Crippen LogP contribution is 2.56. The first kappa shape index (κ1) is 36.3. The van der Waals surface area contributed by atoms with Gasteiger partial charge in [-0.05, 0) is 121 Å². The van der Waals surface area contributed by atoms with Gasteiger partial charge in [-0.2, -0.15) is 26.3 Å². The Morgan fingerprint density at radius 3 is 1.55 bits per heavy atom. The van der Waals surface area contributed by atoms with E-state index in [1.165, 1.54) is 24.3 Å². The molecule has 49 heavy (non-hydrogen) atoms. The van der Waals surface area contributed by atoms with Gasteiger partial charge < -0.3 is 9.47 Å². The minimum atomic E-state index is -5.76. The van der Waals surface area contributed by atoms with Crippen LogP contribution in [0.1, 0.15) is 76.1 Å². The number of alkyl halides is 6. The summed E-state index contributed by atoms with van der Waals surface area (Å²) < 4.78 is 126. The van der Waals surface area contributed by atoms with Crippen LogP contribution in [-0.4, -0.2) is 26.4 Å². The van der Waals surface area contributed by atoms with Gasteiger partial charge in [0, 0.05) is 0 Å². The molecule has 0 aromatic heterocycles. The van der Waals surface area contributed by atoms with Gasteiger partial charge in [0.15, 0.2) is 0 Å². The molecule has 0 amide bonds. The van der Waals surface area contributed by atoms with E-state index >= 15 is 0 Å². The quantitative estimate of drug-likeness (QED) is 0.146. The first-order valence-electron chi connectivity index (χ1n) is 16.0. The van der Waals surface area contributed by atoms with Gasteiger partial charge in [0.1, 0.15) is 22.8 Å². The normalized spacial score (nSPS) is 16.9. The average Bonchev–Trinajstić information content (AvgIpc) is 3.04. The fourth-order valence-corrected chi connectivity index (χ4v) is 7.67. The fraction of sp³-hybridized carbons (Fsp3) is 0.368. The lowest BCUT2D eigenvalue weighted by molar-refractivity contribution is -0.288. The van der Waals surface area contributed by atoms with Crippen molar-refractivity contribution in [2.45, 2.75) is 98.9 Å². The Morgan fingerprint density at radius 2 is 1.12 bits per heavy atom. The number of benzene rings is 4. The fourth-order valence-electron chi connectivity index (χ4n) is 6.36. The molecule has 4 nitrogen and oxygen atoms in total. The average molecular weight is 705 g/mol. The van der Waals surface area contributed by atoms with Crippen LogP contribution in [0.2, 0.25) is 0 Å². The maximum atomic E-state index is 14.7. The SMILES string of the molecule is CCC(C)(CC)Oc1ccc(C(c2ccc(Oc3ccc(S(=O)(=O)c4ccc5c(c4)CC5(C)CC)cc3)cc2)(C(F)(F)F)C(F)(F)F)cc1. The molecule has 1 aliphatic rings. The highest BCUT2D eigenvalue weighted by Gasteiger charge is 2.72. The smallest absolute Gasteiger partial charge is 0.411 e. The Hall–Kier alpha value is -3.99. The van der Waals surface area contributed by atoms with Crippen LogP contribution < -0.4 is 9.47 Å². The van der Waals surface area contributed by atoms with Crippen molar-refractivity contribution >= 4 is 9.84 Å². The molecule has 5 rings (SSSR count). The summed E-state index contributed by atoms with van der Waals surface area (Å²) in [5.41, 5.74) is -4.84. The number of halogens is 6. The summed E-state index contributed by atoms with van der Waals surface area (Å²) in [7, 11) is -3.85.